The second-order valence-electron chi connectivity index (χ2n) is 4.52. The molecule has 1 heterocycles. The SMILES string of the molecule is Cc1ccc(C(=O)CC(=O)c2cccnc2)cc1[N+](=O)[O-]. The van der Waals surface area contributed by atoms with Crippen molar-refractivity contribution in [1.82, 2.24) is 4.98 Å². The van der Waals surface area contributed by atoms with Crippen LogP contribution in [0.5, 0.6) is 0 Å². The van der Waals surface area contributed by atoms with Crippen LogP contribution in [0.4, 0.5) is 5.69 Å². The zero-order valence-corrected chi connectivity index (χ0v) is 11.3. The van der Waals surface area contributed by atoms with Crippen molar-refractivity contribution in [2.24, 2.45) is 0 Å². The average Bonchev–Trinajstić information content (AvgIpc) is 2.48. The maximum absolute atomic E-state index is 12.1. The number of nitro benzene ring substituents is 1. The van der Waals surface area contributed by atoms with Gasteiger partial charge in [-0.15, -0.1) is 0 Å². The largest absolute Gasteiger partial charge is 0.294 e. The number of benzene rings is 1. The number of pyridine rings is 1. The fraction of sp³-hybridized carbons (Fsp3) is 0.133. The lowest BCUT2D eigenvalue weighted by Crippen LogP contribution is -2.09. The summed E-state index contributed by atoms with van der Waals surface area (Å²) >= 11 is 0. The molecule has 1 aromatic carbocycles. The van der Waals surface area contributed by atoms with Gasteiger partial charge in [-0.2, -0.15) is 0 Å². The van der Waals surface area contributed by atoms with E-state index in [0.29, 0.717) is 11.1 Å². The number of hydrogen-bond donors (Lipinski definition) is 0. The molecule has 0 aliphatic carbocycles. The molecule has 0 atom stereocenters. The molecule has 21 heavy (non-hydrogen) atoms. The van der Waals surface area contributed by atoms with Gasteiger partial charge in [-0.1, -0.05) is 12.1 Å². The predicted octanol–water partition coefficient (Wildman–Crippen LogP) is 2.75. The van der Waals surface area contributed by atoms with Crippen molar-refractivity contribution in [2.45, 2.75) is 13.3 Å². The molecule has 106 valence electrons. The molecule has 2 rings (SSSR count). The number of rotatable bonds is 5. The molecule has 0 saturated heterocycles. The Hall–Kier alpha value is -2.89. The summed E-state index contributed by atoms with van der Waals surface area (Å²) in [7, 11) is 0. The van der Waals surface area contributed by atoms with E-state index in [0.717, 1.165) is 0 Å². The molecule has 0 N–H and O–H groups in total. The van der Waals surface area contributed by atoms with Crippen molar-refractivity contribution in [3.05, 3.63) is 69.5 Å². The van der Waals surface area contributed by atoms with Gasteiger partial charge in [0.25, 0.3) is 5.69 Å². The van der Waals surface area contributed by atoms with Crippen LogP contribution in [0.3, 0.4) is 0 Å². The summed E-state index contributed by atoms with van der Waals surface area (Å²) in [6.45, 7) is 1.59. The Morgan fingerprint density at radius 3 is 2.52 bits per heavy atom. The van der Waals surface area contributed by atoms with Crippen LogP contribution in [0.2, 0.25) is 0 Å². The van der Waals surface area contributed by atoms with E-state index in [4.69, 9.17) is 0 Å². The summed E-state index contributed by atoms with van der Waals surface area (Å²) < 4.78 is 0. The number of Topliss-reactive ketones (excluding diaryl/α,β-unsaturated/α-hetero) is 2. The quantitative estimate of drug-likeness (QED) is 0.364. The van der Waals surface area contributed by atoms with Gasteiger partial charge in [0, 0.05) is 35.2 Å². The van der Waals surface area contributed by atoms with Gasteiger partial charge in [0.2, 0.25) is 0 Å². The molecule has 0 bridgehead atoms. The molecular formula is C15H12N2O4. The van der Waals surface area contributed by atoms with Gasteiger partial charge in [-0.05, 0) is 19.1 Å². The van der Waals surface area contributed by atoms with Gasteiger partial charge < -0.3 is 0 Å². The molecule has 6 heteroatoms. The van der Waals surface area contributed by atoms with Crippen molar-refractivity contribution >= 4 is 17.3 Å². The van der Waals surface area contributed by atoms with E-state index in [-0.39, 0.29) is 23.5 Å². The number of ketones is 2. The topological polar surface area (TPSA) is 90.2 Å². The van der Waals surface area contributed by atoms with E-state index < -0.39 is 10.7 Å². The molecule has 2 aromatic rings. The van der Waals surface area contributed by atoms with E-state index in [1.165, 1.54) is 30.6 Å². The molecule has 6 nitrogen and oxygen atoms in total. The molecule has 0 aliphatic heterocycles. The molecule has 0 unspecified atom stereocenters. The highest BCUT2D eigenvalue weighted by Gasteiger charge is 2.18. The monoisotopic (exact) mass is 284 g/mol. The van der Waals surface area contributed by atoms with Crippen LogP contribution < -0.4 is 0 Å². The van der Waals surface area contributed by atoms with Crippen LogP contribution in [0.25, 0.3) is 0 Å². The lowest BCUT2D eigenvalue weighted by molar-refractivity contribution is -0.385. The molecule has 0 fully saturated rings. The predicted molar refractivity (Wildman–Crippen MR) is 75.3 cm³/mol. The summed E-state index contributed by atoms with van der Waals surface area (Å²) in [6, 6.07) is 7.37. The average molecular weight is 284 g/mol. The Morgan fingerprint density at radius 2 is 1.90 bits per heavy atom. The summed E-state index contributed by atoms with van der Waals surface area (Å²) in [5, 5.41) is 10.9. The van der Waals surface area contributed by atoms with Gasteiger partial charge in [0.05, 0.1) is 11.3 Å². The highest BCUT2D eigenvalue weighted by atomic mass is 16.6. The van der Waals surface area contributed by atoms with Crippen molar-refractivity contribution in [2.75, 3.05) is 0 Å². The highest BCUT2D eigenvalue weighted by molar-refractivity contribution is 6.13. The molecule has 1 aromatic heterocycles. The first kappa shape index (κ1) is 14.5. The van der Waals surface area contributed by atoms with Crippen LogP contribution in [0.15, 0.2) is 42.7 Å². The first-order valence-corrected chi connectivity index (χ1v) is 6.20. The normalized spacial score (nSPS) is 10.1. The smallest absolute Gasteiger partial charge is 0.273 e. The number of aryl methyl sites for hydroxylation is 1. The third-order valence-corrected chi connectivity index (χ3v) is 3.03. The number of carbonyl (C=O) groups excluding carboxylic acids is 2. The first-order valence-electron chi connectivity index (χ1n) is 6.20. The number of nitro groups is 1. The molecule has 0 radical (unpaired) electrons. The van der Waals surface area contributed by atoms with E-state index in [1.54, 1.807) is 19.1 Å². The van der Waals surface area contributed by atoms with E-state index in [2.05, 4.69) is 4.98 Å². The fourth-order valence-electron chi connectivity index (χ4n) is 1.86. The van der Waals surface area contributed by atoms with Crippen LogP contribution in [0, 0.1) is 17.0 Å². The minimum atomic E-state index is -0.547. The minimum Gasteiger partial charge on any atom is -0.294 e. The second kappa shape index (κ2) is 6.04. The third kappa shape index (κ3) is 3.36. The summed E-state index contributed by atoms with van der Waals surface area (Å²) in [4.78, 5) is 38.1. The lowest BCUT2D eigenvalue weighted by Gasteiger charge is -2.03. The number of hydrogen-bond acceptors (Lipinski definition) is 5. The van der Waals surface area contributed by atoms with Gasteiger partial charge in [0.1, 0.15) is 0 Å². The molecule has 0 spiro atoms. The van der Waals surface area contributed by atoms with Gasteiger partial charge in [0.15, 0.2) is 11.6 Å². The third-order valence-electron chi connectivity index (χ3n) is 3.03. The molecule has 0 aliphatic rings. The molecule has 0 saturated carbocycles. The van der Waals surface area contributed by atoms with Gasteiger partial charge >= 0.3 is 0 Å². The summed E-state index contributed by atoms with van der Waals surface area (Å²) in [5.74, 6) is -0.816. The maximum atomic E-state index is 12.1. The van der Waals surface area contributed by atoms with E-state index in [1.807, 2.05) is 0 Å². The summed E-state index contributed by atoms with van der Waals surface area (Å²) in [6.07, 6.45) is 2.57. The number of carbonyl (C=O) groups is 2. The zero-order chi connectivity index (χ0) is 15.4. The Balaban J connectivity index is 2.19. The van der Waals surface area contributed by atoms with Crippen LogP contribution in [-0.2, 0) is 0 Å². The molecular weight excluding hydrogens is 272 g/mol. The first-order chi connectivity index (χ1) is 9.99. The van der Waals surface area contributed by atoms with Crippen molar-refractivity contribution in [3.63, 3.8) is 0 Å². The summed E-state index contributed by atoms with van der Waals surface area (Å²) in [5.41, 5.74) is 0.835. The fourth-order valence-corrected chi connectivity index (χ4v) is 1.86. The van der Waals surface area contributed by atoms with Gasteiger partial charge in [-0.3, -0.25) is 24.7 Å². The van der Waals surface area contributed by atoms with Crippen LogP contribution in [0.1, 0.15) is 32.7 Å². The van der Waals surface area contributed by atoms with E-state index in [9.17, 15) is 19.7 Å². The lowest BCUT2D eigenvalue weighted by atomic mass is 10.0. The molecule has 0 amide bonds. The Morgan fingerprint density at radius 1 is 1.19 bits per heavy atom. The number of nitrogens with zero attached hydrogens (tertiary/aromatic N) is 2. The van der Waals surface area contributed by atoms with Crippen molar-refractivity contribution in [3.8, 4) is 0 Å². The van der Waals surface area contributed by atoms with Crippen LogP contribution in [-0.4, -0.2) is 21.5 Å². The number of aromatic nitrogens is 1. The Labute approximate surface area is 120 Å². The highest BCUT2D eigenvalue weighted by Crippen LogP contribution is 2.20. The Kier molecular flexibility index (Phi) is 4.18. The standard InChI is InChI=1S/C15H12N2O4/c1-10-4-5-11(7-13(10)17(20)21)14(18)8-15(19)12-3-2-6-16-9-12/h2-7,9H,8H2,1H3. The van der Waals surface area contributed by atoms with Crippen LogP contribution >= 0.6 is 0 Å². The second-order valence-corrected chi connectivity index (χ2v) is 4.52. The van der Waals surface area contributed by atoms with Gasteiger partial charge in [-0.25, -0.2) is 0 Å². The van der Waals surface area contributed by atoms with E-state index >= 15 is 0 Å². The zero-order valence-electron chi connectivity index (χ0n) is 11.3. The maximum Gasteiger partial charge on any atom is 0.273 e. The van der Waals surface area contributed by atoms with Crippen molar-refractivity contribution < 1.29 is 14.5 Å². The van der Waals surface area contributed by atoms with Crippen molar-refractivity contribution in [1.29, 1.82) is 0 Å². The Bertz CT molecular complexity index is 711. The minimum absolute atomic E-state index is 0.130.